The lowest BCUT2D eigenvalue weighted by atomic mass is 10.0. The van der Waals surface area contributed by atoms with Gasteiger partial charge in [-0.25, -0.2) is 9.67 Å². The lowest BCUT2D eigenvalue weighted by Gasteiger charge is -2.04. The first kappa shape index (κ1) is 12.5. The molecular formula is C13H18N4O. The van der Waals surface area contributed by atoms with Crippen LogP contribution in [0.2, 0.25) is 0 Å². The van der Waals surface area contributed by atoms with Gasteiger partial charge in [0.2, 0.25) is 0 Å². The number of rotatable bonds is 5. The maximum absolute atomic E-state index is 11.8. The van der Waals surface area contributed by atoms with Crippen LogP contribution < -0.4 is 0 Å². The topological polar surface area (TPSA) is 52.7 Å². The first-order valence-corrected chi connectivity index (χ1v) is 6.18. The number of aromatic nitrogens is 4. The van der Waals surface area contributed by atoms with Gasteiger partial charge in [-0.1, -0.05) is 13.8 Å². The van der Waals surface area contributed by atoms with Gasteiger partial charge in [-0.3, -0.25) is 4.79 Å². The number of carbonyl (C=O) groups excluding carboxylic acids is 1. The molecule has 5 nitrogen and oxygen atoms in total. The second kappa shape index (κ2) is 5.16. The number of hydrogen-bond acceptors (Lipinski definition) is 3. The van der Waals surface area contributed by atoms with Crippen LogP contribution in [0.15, 0.2) is 24.8 Å². The maximum atomic E-state index is 11.8. The third-order valence-corrected chi connectivity index (χ3v) is 2.88. The first-order valence-electron chi connectivity index (χ1n) is 6.18. The molecule has 2 aromatic rings. The molecule has 0 N–H and O–H groups in total. The lowest BCUT2D eigenvalue weighted by Crippen LogP contribution is -2.09. The summed E-state index contributed by atoms with van der Waals surface area (Å²) in [4.78, 5) is 16.1. The van der Waals surface area contributed by atoms with E-state index in [4.69, 9.17) is 0 Å². The molecule has 18 heavy (non-hydrogen) atoms. The van der Waals surface area contributed by atoms with E-state index in [9.17, 15) is 4.79 Å². The smallest absolute Gasteiger partial charge is 0.166 e. The van der Waals surface area contributed by atoms with E-state index in [-0.39, 0.29) is 11.7 Å². The highest BCUT2D eigenvalue weighted by molar-refractivity contribution is 5.97. The summed E-state index contributed by atoms with van der Waals surface area (Å²) < 4.78 is 3.82. The van der Waals surface area contributed by atoms with Crippen molar-refractivity contribution in [3.63, 3.8) is 0 Å². The summed E-state index contributed by atoms with van der Waals surface area (Å²) in [5.41, 5.74) is 0.757. The summed E-state index contributed by atoms with van der Waals surface area (Å²) >= 11 is 0. The largest absolute Gasteiger partial charge is 0.346 e. The van der Waals surface area contributed by atoms with Crippen molar-refractivity contribution in [2.75, 3.05) is 0 Å². The van der Waals surface area contributed by atoms with E-state index in [2.05, 4.69) is 10.1 Å². The monoisotopic (exact) mass is 246 g/mol. The van der Waals surface area contributed by atoms with Crippen LogP contribution in [0.1, 0.15) is 37.0 Å². The van der Waals surface area contributed by atoms with Gasteiger partial charge in [0.1, 0.15) is 12.2 Å². The van der Waals surface area contributed by atoms with Crippen molar-refractivity contribution in [3.05, 3.63) is 36.2 Å². The quantitative estimate of drug-likeness (QED) is 0.758. The van der Waals surface area contributed by atoms with Crippen LogP contribution >= 0.6 is 0 Å². The lowest BCUT2D eigenvalue weighted by molar-refractivity contribution is 0.0939. The highest BCUT2D eigenvalue weighted by Crippen LogP contribution is 2.10. The Morgan fingerprint density at radius 1 is 1.44 bits per heavy atom. The summed E-state index contributed by atoms with van der Waals surface area (Å²) in [6, 6.07) is 1.86. The van der Waals surface area contributed by atoms with Gasteiger partial charge >= 0.3 is 0 Å². The Morgan fingerprint density at radius 2 is 2.22 bits per heavy atom. The molecule has 0 radical (unpaired) electrons. The SMILES string of the molecule is CCn1ncnc1Cn1ccc(C(=O)C(C)C)c1. The van der Waals surface area contributed by atoms with E-state index in [0.717, 1.165) is 17.9 Å². The molecular weight excluding hydrogens is 228 g/mol. The Morgan fingerprint density at radius 3 is 2.89 bits per heavy atom. The standard InChI is InChI=1S/C13H18N4O/c1-4-17-12(14-9-15-17)8-16-6-5-11(7-16)13(18)10(2)3/h5-7,9-10H,4,8H2,1-3H3. The predicted octanol–water partition coefficient (Wildman–Crippen LogP) is 1.99. The molecule has 0 unspecified atom stereocenters. The molecule has 0 atom stereocenters. The average Bonchev–Trinajstić information content (AvgIpc) is 2.97. The zero-order valence-corrected chi connectivity index (χ0v) is 11.0. The van der Waals surface area contributed by atoms with Gasteiger partial charge in [-0.05, 0) is 13.0 Å². The van der Waals surface area contributed by atoms with Gasteiger partial charge < -0.3 is 4.57 Å². The van der Waals surface area contributed by atoms with Crippen molar-refractivity contribution in [1.29, 1.82) is 0 Å². The highest BCUT2D eigenvalue weighted by Gasteiger charge is 2.12. The summed E-state index contributed by atoms with van der Waals surface area (Å²) in [6.45, 7) is 7.29. The molecule has 0 fully saturated rings. The van der Waals surface area contributed by atoms with E-state index in [0.29, 0.717) is 6.54 Å². The Balaban J connectivity index is 2.14. The van der Waals surface area contributed by atoms with E-state index in [1.54, 1.807) is 6.33 Å². The molecule has 0 aliphatic rings. The molecule has 0 amide bonds. The minimum Gasteiger partial charge on any atom is -0.346 e. The number of nitrogens with zero attached hydrogens (tertiary/aromatic N) is 4. The van der Waals surface area contributed by atoms with Crippen molar-refractivity contribution in [2.24, 2.45) is 5.92 Å². The van der Waals surface area contributed by atoms with Gasteiger partial charge in [0.15, 0.2) is 5.78 Å². The van der Waals surface area contributed by atoms with E-state index >= 15 is 0 Å². The number of hydrogen-bond donors (Lipinski definition) is 0. The number of Topliss-reactive ketones (excluding diaryl/α,β-unsaturated/α-hetero) is 1. The van der Waals surface area contributed by atoms with E-state index in [1.807, 2.05) is 48.5 Å². The molecule has 0 aliphatic carbocycles. The van der Waals surface area contributed by atoms with Crippen LogP contribution in [-0.2, 0) is 13.1 Å². The maximum Gasteiger partial charge on any atom is 0.166 e. The van der Waals surface area contributed by atoms with Crippen molar-refractivity contribution in [1.82, 2.24) is 19.3 Å². The van der Waals surface area contributed by atoms with Gasteiger partial charge in [0.05, 0.1) is 6.54 Å². The predicted molar refractivity (Wildman–Crippen MR) is 68.4 cm³/mol. The number of ketones is 1. The molecule has 0 bridgehead atoms. The van der Waals surface area contributed by atoms with E-state index in [1.165, 1.54) is 0 Å². The second-order valence-corrected chi connectivity index (χ2v) is 4.58. The minimum atomic E-state index is 0.0279. The Bertz CT molecular complexity index is 539. The van der Waals surface area contributed by atoms with Crippen molar-refractivity contribution in [3.8, 4) is 0 Å². The molecule has 0 spiro atoms. The minimum absolute atomic E-state index is 0.0279. The fourth-order valence-corrected chi connectivity index (χ4v) is 1.86. The second-order valence-electron chi connectivity index (χ2n) is 4.58. The van der Waals surface area contributed by atoms with Gasteiger partial charge in [-0.2, -0.15) is 5.10 Å². The van der Waals surface area contributed by atoms with Gasteiger partial charge in [0.25, 0.3) is 0 Å². The summed E-state index contributed by atoms with van der Waals surface area (Å²) in [6.07, 6.45) is 5.34. The highest BCUT2D eigenvalue weighted by atomic mass is 16.1. The molecule has 2 rings (SSSR count). The van der Waals surface area contributed by atoms with Crippen LogP contribution in [0.3, 0.4) is 0 Å². The molecule has 0 saturated heterocycles. The summed E-state index contributed by atoms with van der Waals surface area (Å²) in [5.74, 6) is 1.10. The molecule has 0 aliphatic heterocycles. The molecule has 2 aromatic heterocycles. The van der Waals surface area contributed by atoms with Crippen LogP contribution in [0.25, 0.3) is 0 Å². The Hall–Kier alpha value is -1.91. The molecule has 2 heterocycles. The van der Waals surface area contributed by atoms with Crippen LogP contribution in [-0.4, -0.2) is 25.1 Å². The Kier molecular flexibility index (Phi) is 3.60. The first-order chi connectivity index (χ1) is 8.61. The van der Waals surface area contributed by atoms with Crippen LogP contribution in [0.5, 0.6) is 0 Å². The zero-order valence-electron chi connectivity index (χ0n) is 11.0. The summed E-state index contributed by atoms with van der Waals surface area (Å²) in [7, 11) is 0. The van der Waals surface area contributed by atoms with Gasteiger partial charge in [0, 0.05) is 30.4 Å². The zero-order chi connectivity index (χ0) is 13.1. The molecule has 5 heteroatoms. The molecule has 0 aromatic carbocycles. The van der Waals surface area contributed by atoms with Gasteiger partial charge in [-0.15, -0.1) is 0 Å². The molecule has 0 saturated carbocycles. The summed E-state index contributed by atoms with van der Waals surface area (Å²) in [5, 5.41) is 4.13. The molecule has 96 valence electrons. The fourth-order valence-electron chi connectivity index (χ4n) is 1.86. The third kappa shape index (κ3) is 2.50. The van der Waals surface area contributed by atoms with Crippen molar-refractivity contribution >= 4 is 5.78 Å². The van der Waals surface area contributed by atoms with Crippen molar-refractivity contribution < 1.29 is 4.79 Å². The van der Waals surface area contributed by atoms with E-state index < -0.39 is 0 Å². The normalized spacial score (nSPS) is 11.1. The number of aryl methyl sites for hydroxylation is 1. The Labute approximate surface area is 106 Å². The fraction of sp³-hybridized carbons (Fsp3) is 0.462. The average molecular weight is 246 g/mol. The van der Waals surface area contributed by atoms with Crippen LogP contribution in [0, 0.1) is 5.92 Å². The third-order valence-electron chi connectivity index (χ3n) is 2.88. The van der Waals surface area contributed by atoms with Crippen LogP contribution in [0.4, 0.5) is 0 Å². The van der Waals surface area contributed by atoms with Crippen molar-refractivity contribution in [2.45, 2.75) is 33.9 Å². The number of carbonyl (C=O) groups is 1.